The number of hydrogen-bond acceptors (Lipinski definition) is 2. The lowest BCUT2D eigenvalue weighted by molar-refractivity contribution is 0.559. The first-order valence-corrected chi connectivity index (χ1v) is 3.64. The van der Waals surface area contributed by atoms with Crippen molar-refractivity contribution in [3.8, 4) is 0 Å². The first-order valence-electron chi connectivity index (χ1n) is 2.79. The Kier molecular flexibility index (Phi) is 4.18. The van der Waals surface area contributed by atoms with Gasteiger partial charge in [0.15, 0.2) is 0 Å². The van der Waals surface area contributed by atoms with Crippen LogP contribution < -0.4 is 11.1 Å². The van der Waals surface area contributed by atoms with E-state index in [1.54, 1.807) is 0 Å². The quantitative estimate of drug-likeness (QED) is 0.412. The molecule has 0 rings (SSSR count). The summed E-state index contributed by atoms with van der Waals surface area (Å²) in [6, 6.07) is 0.310. The minimum atomic E-state index is 0.107. The van der Waals surface area contributed by atoms with E-state index in [9.17, 15) is 0 Å². The van der Waals surface area contributed by atoms with Gasteiger partial charge < -0.3 is 11.1 Å². The van der Waals surface area contributed by atoms with Crippen molar-refractivity contribution >= 4 is 29.2 Å². The van der Waals surface area contributed by atoms with E-state index in [0.29, 0.717) is 4.32 Å². The van der Waals surface area contributed by atoms with Crippen LogP contribution in [0.4, 0.5) is 0 Å². The fraction of sp³-hybridized carbons (Fsp3) is 0.800. The summed E-state index contributed by atoms with van der Waals surface area (Å²) >= 11 is 8.59. The molecule has 9 heavy (non-hydrogen) atoms. The highest BCUT2D eigenvalue weighted by Crippen LogP contribution is 1.89. The SMILES string of the molecule is C[C@@H](N)[C@@H](C)NC(=S)S. The summed E-state index contributed by atoms with van der Waals surface area (Å²) in [6.45, 7) is 3.89. The summed E-state index contributed by atoms with van der Waals surface area (Å²) < 4.78 is 0.500. The smallest absolute Gasteiger partial charge is 0.130 e. The van der Waals surface area contributed by atoms with E-state index in [1.807, 2.05) is 13.8 Å². The average Bonchev–Trinajstić information content (AvgIpc) is 1.63. The largest absolute Gasteiger partial charge is 0.367 e. The summed E-state index contributed by atoms with van der Waals surface area (Å²) in [6.07, 6.45) is 0. The van der Waals surface area contributed by atoms with E-state index in [4.69, 9.17) is 5.73 Å². The average molecular weight is 164 g/mol. The molecular formula is C5H12N2S2. The van der Waals surface area contributed by atoms with Gasteiger partial charge in [0.2, 0.25) is 0 Å². The number of nitrogens with one attached hydrogen (secondary N) is 1. The van der Waals surface area contributed by atoms with Gasteiger partial charge in [-0.2, -0.15) is 0 Å². The molecule has 0 aromatic rings. The molecule has 0 spiro atoms. The molecule has 0 bridgehead atoms. The zero-order valence-corrected chi connectivity index (χ0v) is 7.30. The third-order valence-electron chi connectivity index (χ3n) is 1.14. The molecule has 2 nitrogen and oxygen atoms in total. The summed E-state index contributed by atoms with van der Waals surface area (Å²) in [4.78, 5) is 0. The van der Waals surface area contributed by atoms with Gasteiger partial charge in [0, 0.05) is 12.1 Å². The molecule has 0 saturated heterocycles. The molecule has 0 amide bonds. The molecule has 0 radical (unpaired) electrons. The van der Waals surface area contributed by atoms with E-state index in [1.165, 1.54) is 0 Å². The highest BCUT2D eigenvalue weighted by molar-refractivity contribution is 8.11. The second-order valence-electron chi connectivity index (χ2n) is 2.10. The molecule has 2 atom stereocenters. The Morgan fingerprint density at radius 1 is 1.67 bits per heavy atom. The summed E-state index contributed by atoms with van der Waals surface area (Å²) in [5, 5.41) is 2.91. The van der Waals surface area contributed by atoms with Gasteiger partial charge in [-0.3, -0.25) is 0 Å². The Morgan fingerprint density at radius 2 is 2.11 bits per heavy atom. The van der Waals surface area contributed by atoms with Gasteiger partial charge in [-0.15, -0.1) is 12.6 Å². The van der Waals surface area contributed by atoms with Crippen LogP contribution in [0.25, 0.3) is 0 Å². The maximum atomic E-state index is 5.53. The van der Waals surface area contributed by atoms with Crippen LogP contribution in [0, 0.1) is 0 Å². The lowest BCUT2D eigenvalue weighted by atomic mass is 10.2. The van der Waals surface area contributed by atoms with Gasteiger partial charge >= 0.3 is 0 Å². The third-order valence-corrected chi connectivity index (χ3v) is 1.39. The van der Waals surface area contributed by atoms with Crippen LogP contribution in [-0.4, -0.2) is 16.4 Å². The lowest BCUT2D eigenvalue weighted by Crippen LogP contribution is -2.41. The fourth-order valence-corrected chi connectivity index (χ4v) is 0.716. The van der Waals surface area contributed by atoms with Crippen LogP contribution >= 0.6 is 24.8 Å². The molecule has 4 heteroatoms. The molecule has 0 heterocycles. The van der Waals surface area contributed by atoms with Gasteiger partial charge in [0.1, 0.15) is 4.32 Å². The minimum absolute atomic E-state index is 0.107. The van der Waals surface area contributed by atoms with Crippen molar-refractivity contribution < 1.29 is 0 Å². The van der Waals surface area contributed by atoms with Crippen LogP contribution in [0.3, 0.4) is 0 Å². The Hall–Kier alpha value is 0.200. The monoisotopic (exact) mass is 164 g/mol. The van der Waals surface area contributed by atoms with Crippen LogP contribution in [-0.2, 0) is 0 Å². The first kappa shape index (κ1) is 9.20. The van der Waals surface area contributed by atoms with Gasteiger partial charge in [-0.25, -0.2) is 0 Å². The van der Waals surface area contributed by atoms with Crippen molar-refractivity contribution in [3.05, 3.63) is 0 Å². The van der Waals surface area contributed by atoms with Crippen molar-refractivity contribution in [1.82, 2.24) is 5.32 Å². The van der Waals surface area contributed by atoms with Crippen molar-refractivity contribution in [2.24, 2.45) is 5.73 Å². The minimum Gasteiger partial charge on any atom is -0.367 e. The maximum Gasteiger partial charge on any atom is 0.130 e. The molecule has 0 unspecified atom stereocenters. The highest BCUT2D eigenvalue weighted by Gasteiger charge is 2.05. The number of rotatable bonds is 2. The molecule has 0 saturated carbocycles. The molecule has 0 fully saturated rings. The van der Waals surface area contributed by atoms with Gasteiger partial charge in [-0.1, -0.05) is 12.2 Å². The highest BCUT2D eigenvalue weighted by atomic mass is 32.1. The lowest BCUT2D eigenvalue weighted by Gasteiger charge is -2.16. The van der Waals surface area contributed by atoms with Crippen LogP contribution in [0.15, 0.2) is 0 Å². The Labute approximate surface area is 66.6 Å². The summed E-state index contributed by atoms with van der Waals surface area (Å²) in [5.74, 6) is 0. The van der Waals surface area contributed by atoms with Crippen molar-refractivity contribution in [2.75, 3.05) is 0 Å². The van der Waals surface area contributed by atoms with Crippen molar-refractivity contribution in [1.29, 1.82) is 0 Å². The zero-order chi connectivity index (χ0) is 7.44. The van der Waals surface area contributed by atoms with E-state index >= 15 is 0 Å². The molecule has 3 N–H and O–H groups in total. The predicted molar refractivity (Wildman–Crippen MR) is 47.8 cm³/mol. The van der Waals surface area contributed by atoms with Gasteiger partial charge in [0.05, 0.1) is 0 Å². The van der Waals surface area contributed by atoms with Gasteiger partial charge in [0.25, 0.3) is 0 Å². The van der Waals surface area contributed by atoms with E-state index < -0.39 is 0 Å². The zero-order valence-electron chi connectivity index (χ0n) is 5.59. The second kappa shape index (κ2) is 4.09. The number of thiocarbonyl (C=S) groups is 1. The normalized spacial score (nSPS) is 16.4. The molecule has 0 aliphatic rings. The number of thiol groups is 1. The van der Waals surface area contributed by atoms with Crippen LogP contribution in [0.5, 0.6) is 0 Å². The number of hydrogen-bond donors (Lipinski definition) is 3. The van der Waals surface area contributed by atoms with Crippen LogP contribution in [0.1, 0.15) is 13.8 Å². The van der Waals surface area contributed by atoms with Crippen LogP contribution in [0.2, 0.25) is 0 Å². The molecule has 0 aliphatic carbocycles. The Balaban J connectivity index is 3.50. The van der Waals surface area contributed by atoms with Gasteiger partial charge in [-0.05, 0) is 13.8 Å². The molecule has 0 aromatic carbocycles. The fourth-order valence-electron chi connectivity index (χ4n) is 0.326. The second-order valence-corrected chi connectivity index (χ2v) is 3.26. The molecule has 54 valence electrons. The molecule has 0 aliphatic heterocycles. The topological polar surface area (TPSA) is 38.0 Å². The molecular weight excluding hydrogens is 152 g/mol. The number of nitrogens with two attached hydrogens (primary N) is 1. The maximum absolute atomic E-state index is 5.53. The standard InChI is InChI=1S/C5H12N2S2/c1-3(6)4(2)7-5(8)9/h3-4H,6H2,1-2H3,(H2,7,8,9)/t3-,4-/m1/s1. The summed E-state index contributed by atoms with van der Waals surface area (Å²) in [5.41, 5.74) is 5.53. The van der Waals surface area contributed by atoms with E-state index in [-0.39, 0.29) is 12.1 Å². The first-order chi connectivity index (χ1) is 4.04. The Bertz CT molecular complexity index is 103. The third kappa shape index (κ3) is 4.69. The molecule has 0 aromatic heterocycles. The Morgan fingerprint density at radius 3 is 2.22 bits per heavy atom. The van der Waals surface area contributed by atoms with Crippen molar-refractivity contribution in [3.63, 3.8) is 0 Å². The van der Waals surface area contributed by atoms with E-state index in [0.717, 1.165) is 0 Å². The van der Waals surface area contributed by atoms with E-state index in [2.05, 4.69) is 30.2 Å². The van der Waals surface area contributed by atoms with Crippen molar-refractivity contribution in [2.45, 2.75) is 25.9 Å². The predicted octanol–water partition coefficient (Wildman–Crippen LogP) is 0.526. The summed E-state index contributed by atoms with van der Waals surface area (Å²) in [7, 11) is 0.